The molecule has 0 saturated heterocycles. The van der Waals surface area contributed by atoms with Gasteiger partial charge in [0.15, 0.2) is 0 Å². The van der Waals surface area contributed by atoms with E-state index in [1.807, 2.05) is 0 Å². The predicted octanol–water partition coefficient (Wildman–Crippen LogP) is 3.94. The SMILES string of the molecule is CN(CCCc1nc(CCl)cs1)CC1CCCC1. The number of hydrogen-bond acceptors (Lipinski definition) is 3. The molecule has 0 aromatic carbocycles. The molecular formula is C14H23ClN2S. The fourth-order valence-corrected chi connectivity index (χ4v) is 3.82. The summed E-state index contributed by atoms with van der Waals surface area (Å²) in [6.07, 6.45) is 8.07. The average Bonchev–Trinajstić information content (AvgIpc) is 3.00. The summed E-state index contributed by atoms with van der Waals surface area (Å²) in [5.74, 6) is 1.50. The minimum Gasteiger partial charge on any atom is -0.306 e. The van der Waals surface area contributed by atoms with Crippen LogP contribution in [0, 0.1) is 5.92 Å². The molecule has 1 fully saturated rings. The van der Waals surface area contributed by atoms with Gasteiger partial charge in [-0.05, 0) is 38.8 Å². The summed E-state index contributed by atoms with van der Waals surface area (Å²) in [4.78, 5) is 6.99. The lowest BCUT2D eigenvalue weighted by atomic mass is 10.1. The number of halogens is 1. The van der Waals surface area contributed by atoms with E-state index in [0.717, 1.165) is 18.0 Å². The molecule has 0 aliphatic heterocycles. The second-order valence-corrected chi connectivity index (χ2v) is 6.59. The van der Waals surface area contributed by atoms with Crippen LogP contribution in [0.3, 0.4) is 0 Å². The van der Waals surface area contributed by atoms with Crippen LogP contribution in [-0.2, 0) is 12.3 Å². The van der Waals surface area contributed by atoms with Gasteiger partial charge in [0.2, 0.25) is 0 Å². The van der Waals surface area contributed by atoms with Crippen molar-refractivity contribution in [1.82, 2.24) is 9.88 Å². The average molecular weight is 287 g/mol. The summed E-state index contributed by atoms with van der Waals surface area (Å²) in [6.45, 7) is 2.47. The van der Waals surface area contributed by atoms with Crippen LogP contribution < -0.4 is 0 Å². The van der Waals surface area contributed by atoms with E-state index < -0.39 is 0 Å². The zero-order valence-corrected chi connectivity index (χ0v) is 12.8. The molecule has 102 valence electrons. The molecule has 1 aromatic rings. The van der Waals surface area contributed by atoms with Crippen molar-refractivity contribution in [2.75, 3.05) is 20.1 Å². The van der Waals surface area contributed by atoms with E-state index in [-0.39, 0.29) is 0 Å². The highest BCUT2D eigenvalue weighted by Crippen LogP contribution is 2.25. The molecule has 0 atom stereocenters. The number of alkyl halides is 1. The van der Waals surface area contributed by atoms with Crippen molar-refractivity contribution >= 4 is 22.9 Å². The van der Waals surface area contributed by atoms with Crippen LogP contribution in [0.1, 0.15) is 42.8 Å². The molecule has 2 rings (SSSR count). The molecule has 0 radical (unpaired) electrons. The van der Waals surface area contributed by atoms with Crippen LogP contribution in [0.2, 0.25) is 0 Å². The first-order valence-electron chi connectivity index (χ1n) is 6.95. The number of thiazole rings is 1. The Labute approximate surface area is 119 Å². The number of aromatic nitrogens is 1. The minimum absolute atomic E-state index is 0.540. The Kier molecular flexibility index (Phi) is 5.93. The van der Waals surface area contributed by atoms with Crippen molar-refractivity contribution in [2.45, 2.75) is 44.4 Å². The summed E-state index contributed by atoms with van der Waals surface area (Å²) in [5, 5.41) is 3.31. The van der Waals surface area contributed by atoms with Gasteiger partial charge in [0.1, 0.15) is 0 Å². The predicted molar refractivity (Wildman–Crippen MR) is 79.4 cm³/mol. The van der Waals surface area contributed by atoms with Crippen LogP contribution in [0.15, 0.2) is 5.38 Å². The van der Waals surface area contributed by atoms with Crippen LogP contribution in [0.5, 0.6) is 0 Å². The molecule has 1 aliphatic rings. The molecule has 1 heterocycles. The lowest BCUT2D eigenvalue weighted by Crippen LogP contribution is -2.25. The van der Waals surface area contributed by atoms with Gasteiger partial charge in [-0.1, -0.05) is 12.8 Å². The Balaban J connectivity index is 1.61. The maximum absolute atomic E-state index is 5.76. The minimum atomic E-state index is 0.540. The van der Waals surface area contributed by atoms with E-state index in [1.165, 1.54) is 50.2 Å². The van der Waals surface area contributed by atoms with Crippen molar-refractivity contribution in [3.63, 3.8) is 0 Å². The first-order valence-corrected chi connectivity index (χ1v) is 8.37. The van der Waals surface area contributed by atoms with E-state index >= 15 is 0 Å². The summed E-state index contributed by atoms with van der Waals surface area (Å²) >= 11 is 7.50. The molecule has 2 nitrogen and oxygen atoms in total. The standard InChI is InChI=1S/C14H23ClN2S/c1-17(10-12-5-2-3-6-12)8-4-7-14-16-13(9-15)11-18-14/h11-12H,2-10H2,1H3. The summed E-state index contributed by atoms with van der Waals surface area (Å²) in [5.41, 5.74) is 1.02. The fourth-order valence-electron chi connectivity index (χ4n) is 2.75. The molecule has 0 amide bonds. The second kappa shape index (κ2) is 7.46. The van der Waals surface area contributed by atoms with Gasteiger partial charge in [0, 0.05) is 18.3 Å². The second-order valence-electron chi connectivity index (χ2n) is 5.38. The number of hydrogen-bond donors (Lipinski definition) is 0. The highest BCUT2D eigenvalue weighted by Gasteiger charge is 2.16. The third-order valence-corrected chi connectivity index (χ3v) is 4.94. The topological polar surface area (TPSA) is 16.1 Å². The van der Waals surface area contributed by atoms with Gasteiger partial charge in [-0.15, -0.1) is 22.9 Å². The monoisotopic (exact) mass is 286 g/mol. The number of nitrogens with zero attached hydrogens (tertiary/aromatic N) is 2. The zero-order chi connectivity index (χ0) is 12.8. The van der Waals surface area contributed by atoms with Gasteiger partial charge in [0.25, 0.3) is 0 Å². The lowest BCUT2D eigenvalue weighted by molar-refractivity contribution is 0.275. The Morgan fingerprint density at radius 2 is 2.22 bits per heavy atom. The smallest absolute Gasteiger partial charge is 0.0929 e. The summed E-state index contributed by atoms with van der Waals surface area (Å²) < 4.78 is 0. The van der Waals surface area contributed by atoms with Gasteiger partial charge in [-0.2, -0.15) is 0 Å². The van der Waals surface area contributed by atoms with Crippen molar-refractivity contribution in [3.05, 3.63) is 16.1 Å². The zero-order valence-electron chi connectivity index (χ0n) is 11.2. The molecule has 4 heteroatoms. The highest BCUT2D eigenvalue weighted by molar-refractivity contribution is 7.09. The largest absolute Gasteiger partial charge is 0.306 e. The van der Waals surface area contributed by atoms with E-state index in [9.17, 15) is 0 Å². The van der Waals surface area contributed by atoms with E-state index in [2.05, 4.69) is 22.3 Å². The van der Waals surface area contributed by atoms with Crippen LogP contribution >= 0.6 is 22.9 Å². The molecule has 0 bridgehead atoms. The van der Waals surface area contributed by atoms with Crippen molar-refractivity contribution in [3.8, 4) is 0 Å². The van der Waals surface area contributed by atoms with E-state index in [4.69, 9.17) is 11.6 Å². The maximum Gasteiger partial charge on any atom is 0.0929 e. The Morgan fingerprint density at radius 1 is 1.44 bits per heavy atom. The summed E-state index contributed by atoms with van der Waals surface area (Å²) in [7, 11) is 2.25. The molecule has 1 aromatic heterocycles. The van der Waals surface area contributed by atoms with Gasteiger partial charge in [0.05, 0.1) is 16.6 Å². The van der Waals surface area contributed by atoms with E-state index in [0.29, 0.717) is 5.88 Å². The molecule has 1 aliphatic carbocycles. The van der Waals surface area contributed by atoms with Crippen molar-refractivity contribution < 1.29 is 0 Å². The van der Waals surface area contributed by atoms with Crippen molar-refractivity contribution in [2.24, 2.45) is 5.92 Å². The van der Waals surface area contributed by atoms with Crippen molar-refractivity contribution in [1.29, 1.82) is 0 Å². The fraction of sp³-hybridized carbons (Fsp3) is 0.786. The van der Waals surface area contributed by atoms with Crippen LogP contribution in [-0.4, -0.2) is 30.0 Å². The summed E-state index contributed by atoms with van der Waals surface area (Å²) in [6, 6.07) is 0. The molecule has 0 unspecified atom stereocenters. The van der Waals surface area contributed by atoms with Gasteiger partial charge in [-0.3, -0.25) is 0 Å². The van der Waals surface area contributed by atoms with Gasteiger partial charge < -0.3 is 4.90 Å². The highest BCUT2D eigenvalue weighted by atomic mass is 35.5. The maximum atomic E-state index is 5.76. The van der Waals surface area contributed by atoms with E-state index in [1.54, 1.807) is 11.3 Å². The molecular weight excluding hydrogens is 264 g/mol. The third-order valence-electron chi connectivity index (χ3n) is 3.71. The first kappa shape index (κ1) is 14.3. The first-order chi connectivity index (χ1) is 8.78. The quantitative estimate of drug-likeness (QED) is 0.706. The third kappa shape index (κ3) is 4.52. The Morgan fingerprint density at radius 3 is 2.89 bits per heavy atom. The molecule has 1 saturated carbocycles. The molecule has 0 spiro atoms. The molecule has 0 N–H and O–H groups in total. The molecule has 18 heavy (non-hydrogen) atoms. The number of aryl methyl sites for hydroxylation is 1. The van der Waals surface area contributed by atoms with Crippen LogP contribution in [0.25, 0.3) is 0 Å². The normalized spacial score (nSPS) is 16.8. The lowest BCUT2D eigenvalue weighted by Gasteiger charge is -2.20. The van der Waals surface area contributed by atoms with Gasteiger partial charge >= 0.3 is 0 Å². The van der Waals surface area contributed by atoms with Gasteiger partial charge in [-0.25, -0.2) is 4.98 Å². The van der Waals surface area contributed by atoms with Crippen LogP contribution in [0.4, 0.5) is 0 Å². The Hall–Kier alpha value is -0.120. The number of rotatable bonds is 7. The Bertz CT molecular complexity index is 347.